The Balaban J connectivity index is 2.82. The molecule has 0 atom stereocenters. The molecule has 2 aromatic rings. The Labute approximate surface area is 123 Å². The maximum absolute atomic E-state index is 11.2. The van der Waals surface area contributed by atoms with Crippen LogP contribution in [0.2, 0.25) is 0 Å². The number of hydrogen-bond acceptors (Lipinski definition) is 8. The van der Waals surface area contributed by atoms with E-state index in [1.54, 1.807) is 0 Å². The molecule has 0 fully saturated rings. The van der Waals surface area contributed by atoms with Gasteiger partial charge in [0.15, 0.2) is 11.5 Å². The Morgan fingerprint density at radius 1 is 1.05 bits per heavy atom. The number of rotatable bonds is 4. The fourth-order valence-electron chi connectivity index (χ4n) is 1.72. The summed E-state index contributed by atoms with van der Waals surface area (Å²) in [5, 5.41) is 0.195. The molecule has 0 aliphatic heterocycles. The van der Waals surface area contributed by atoms with Crippen LogP contribution in [0.3, 0.4) is 0 Å². The van der Waals surface area contributed by atoms with Gasteiger partial charge >= 0.3 is 26.4 Å². The van der Waals surface area contributed by atoms with E-state index in [0.717, 1.165) is 12.1 Å². The van der Waals surface area contributed by atoms with Gasteiger partial charge in [0.05, 0.1) is 0 Å². The second-order valence-corrected chi connectivity index (χ2v) is 6.06. The van der Waals surface area contributed by atoms with Crippen molar-refractivity contribution in [2.24, 2.45) is 0 Å². The molecule has 0 aliphatic carbocycles. The van der Waals surface area contributed by atoms with Gasteiger partial charge in [0.1, 0.15) is 5.58 Å². The van der Waals surface area contributed by atoms with Gasteiger partial charge in [-0.1, -0.05) is 0 Å². The quantitative estimate of drug-likeness (QED) is 0.585. The van der Waals surface area contributed by atoms with Crippen molar-refractivity contribution in [3.05, 3.63) is 34.2 Å². The minimum absolute atomic E-state index is 0.0162. The van der Waals surface area contributed by atoms with Gasteiger partial charge in [-0.25, -0.2) is 4.79 Å². The number of fused-ring (bicyclic) bond motifs is 1. The molecule has 2 rings (SSSR count). The van der Waals surface area contributed by atoms with Gasteiger partial charge in [-0.3, -0.25) is 9.11 Å². The van der Waals surface area contributed by atoms with Gasteiger partial charge in [0.25, 0.3) is 0 Å². The topological polar surface area (TPSA) is 157 Å². The Morgan fingerprint density at radius 2 is 1.64 bits per heavy atom. The van der Waals surface area contributed by atoms with Gasteiger partial charge < -0.3 is 12.8 Å². The van der Waals surface area contributed by atoms with Gasteiger partial charge in [0, 0.05) is 23.1 Å². The molecule has 0 saturated heterocycles. The van der Waals surface area contributed by atoms with Crippen LogP contribution >= 0.6 is 0 Å². The first-order chi connectivity index (χ1) is 9.96. The smallest absolute Gasteiger partial charge is 0.423 e. The van der Waals surface area contributed by atoms with Gasteiger partial charge in [-0.05, 0) is 13.0 Å². The molecule has 0 radical (unpaired) electrons. The average molecular weight is 352 g/mol. The van der Waals surface area contributed by atoms with Crippen molar-refractivity contribution >= 4 is 31.8 Å². The lowest BCUT2D eigenvalue weighted by molar-refractivity contribution is 0.360. The number of hydrogen-bond donors (Lipinski definition) is 2. The highest BCUT2D eigenvalue weighted by molar-refractivity contribution is 7.81. The van der Waals surface area contributed by atoms with Crippen LogP contribution in [0.25, 0.3) is 11.0 Å². The Kier molecular flexibility index (Phi) is 3.87. The maximum atomic E-state index is 11.2. The molecule has 1 heterocycles. The van der Waals surface area contributed by atoms with E-state index in [1.807, 2.05) is 0 Å². The molecule has 12 heteroatoms. The van der Waals surface area contributed by atoms with Crippen molar-refractivity contribution in [3.63, 3.8) is 0 Å². The van der Waals surface area contributed by atoms with E-state index >= 15 is 0 Å². The van der Waals surface area contributed by atoms with Crippen molar-refractivity contribution in [2.45, 2.75) is 6.92 Å². The van der Waals surface area contributed by atoms with Crippen LogP contribution < -0.4 is 14.0 Å². The van der Waals surface area contributed by atoms with E-state index in [2.05, 4.69) is 8.37 Å². The predicted octanol–water partition coefficient (Wildman–Crippen LogP) is 0.465. The number of benzene rings is 1. The maximum Gasteiger partial charge on any atom is 0.446 e. The van der Waals surface area contributed by atoms with Crippen molar-refractivity contribution in [3.8, 4) is 11.5 Å². The highest BCUT2D eigenvalue weighted by atomic mass is 32.3. The summed E-state index contributed by atoms with van der Waals surface area (Å²) in [6, 6.07) is 3.12. The van der Waals surface area contributed by atoms with Crippen LogP contribution in [-0.2, 0) is 20.8 Å². The molecule has 2 N–H and O–H groups in total. The average Bonchev–Trinajstić information content (AvgIpc) is 2.30. The Bertz CT molecular complexity index is 1000. The summed E-state index contributed by atoms with van der Waals surface area (Å²) in [7, 11) is -10.0. The molecule has 0 aliphatic rings. The van der Waals surface area contributed by atoms with E-state index in [4.69, 9.17) is 13.5 Å². The summed E-state index contributed by atoms with van der Waals surface area (Å²) in [5.74, 6) is -1.49. The molecule has 120 valence electrons. The molecule has 10 nitrogen and oxygen atoms in total. The second-order valence-electron chi connectivity index (χ2n) is 4.02. The van der Waals surface area contributed by atoms with Crippen molar-refractivity contribution in [1.82, 2.24) is 0 Å². The first kappa shape index (κ1) is 16.2. The molecule has 1 aromatic carbocycles. The third-order valence-electron chi connectivity index (χ3n) is 2.48. The van der Waals surface area contributed by atoms with Crippen LogP contribution in [0.1, 0.15) is 5.56 Å². The molecule has 1 aromatic heterocycles. The van der Waals surface area contributed by atoms with Gasteiger partial charge in [-0.15, -0.1) is 0 Å². The lowest BCUT2D eigenvalue weighted by atomic mass is 10.1. The van der Waals surface area contributed by atoms with E-state index in [0.29, 0.717) is 0 Å². The van der Waals surface area contributed by atoms with E-state index in [9.17, 15) is 21.6 Å². The first-order valence-electron chi connectivity index (χ1n) is 5.37. The van der Waals surface area contributed by atoms with Crippen LogP contribution in [0.15, 0.2) is 27.4 Å². The van der Waals surface area contributed by atoms with Crippen LogP contribution in [0.5, 0.6) is 11.5 Å². The summed E-state index contributed by atoms with van der Waals surface area (Å²) in [4.78, 5) is 11.2. The zero-order chi connectivity index (χ0) is 16.7. The first-order valence-corrected chi connectivity index (χ1v) is 8.10. The summed E-state index contributed by atoms with van der Waals surface area (Å²) < 4.78 is 74.0. The minimum Gasteiger partial charge on any atom is -0.423 e. The zero-order valence-corrected chi connectivity index (χ0v) is 12.3. The van der Waals surface area contributed by atoms with Crippen LogP contribution in [0, 0.1) is 6.92 Å². The monoisotopic (exact) mass is 352 g/mol. The standard InChI is InChI=1S/C10H8O10S2/c1-5-6-2-3-9(11)18-7(6)4-8(19-21(12,13)14)10(5)20-22(15,16)17/h2-4H,1H3,(H,12,13,14)(H,15,16,17). The summed E-state index contributed by atoms with van der Waals surface area (Å²) in [6.45, 7) is 1.29. The summed E-state index contributed by atoms with van der Waals surface area (Å²) in [6.07, 6.45) is 0. The summed E-state index contributed by atoms with van der Waals surface area (Å²) in [5.41, 5.74) is -0.919. The third kappa shape index (κ3) is 3.73. The Hall–Kier alpha value is -2.15. The SMILES string of the molecule is Cc1c(OS(=O)(=O)O)c(OS(=O)(=O)O)cc2oc(=O)ccc12. The summed E-state index contributed by atoms with van der Waals surface area (Å²) >= 11 is 0. The number of aryl methyl sites for hydroxylation is 1. The normalized spacial score (nSPS) is 12.3. The van der Waals surface area contributed by atoms with Crippen molar-refractivity contribution in [1.29, 1.82) is 0 Å². The lowest BCUT2D eigenvalue weighted by Crippen LogP contribution is -2.12. The second kappa shape index (κ2) is 5.24. The zero-order valence-electron chi connectivity index (χ0n) is 10.7. The largest absolute Gasteiger partial charge is 0.446 e. The van der Waals surface area contributed by atoms with Crippen molar-refractivity contribution < 1.29 is 38.7 Å². The molecule has 0 bridgehead atoms. The molecular formula is C10H8O10S2. The Morgan fingerprint density at radius 3 is 2.18 bits per heavy atom. The van der Waals surface area contributed by atoms with Gasteiger partial charge in [0.2, 0.25) is 0 Å². The molecule has 0 saturated carbocycles. The van der Waals surface area contributed by atoms with Crippen LogP contribution in [0.4, 0.5) is 0 Å². The highest BCUT2D eigenvalue weighted by Gasteiger charge is 2.22. The minimum atomic E-state index is -5.03. The molecular weight excluding hydrogens is 344 g/mol. The fourth-order valence-corrected chi connectivity index (χ4v) is 2.49. The molecule has 0 amide bonds. The van der Waals surface area contributed by atoms with E-state index in [1.165, 1.54) is 13.0 Å². The van der Waals surface area contributed by atoms with E-state index in [-0.39, 0.29) is 16.5 Å². The lowest BCUT2D eigenvalue weighted by Gasteiger charge is -2.12. The highest BCUT2D eigenvalue weighted by Crippen LogP contribution is 2.38. The molecule has 0 spiro atoms. The molecule has 0 unspecified atom stereocenters. The predicted molar refractivity (Wildman–Crippen MR) is 71.6 cm³/mol. The van der Waals surface area contributed by atoms with E-state index < -0.39 is 37.9 Å². The fraction of sp³-hybridized carbons (Fsp3) is 0.100. The van der Waals surface area contributed by atoms with Gasteiger partial charge in [-0.2, -0.15) is 16.8 Å². The van der Waals surface area contributed by atoms with Crippen LogP contribution in [-0.4, -0.2) is 25.9 Å². The third-order valence-corrected chi connectivity index (χ3v) is 3.24. The van der Waals surface area contributed by atoms with Crippen molar-refractivity contribution in [2.75, 3.05) is 0 Å². The molecule has 22 heavy (non-hydrogen) atoms.